The number of hydrogen-bond acceptors (Lipinski definition) is 3. The van der Waals surface area contributed by atoms with Crippen LogP contribution in [0.5, 0.6) is 0 Å². The van der Waals surface area contributed by atoms with Gasteiger partial charge in [-0.3, -0.25) is 4.79 Å². The normalized spacial score (nSPS) is 33.6. The largest absolute Gasteiger partial charge is 0.468 e. The fraction of sp³-hybridized carbons (Fsp3) is 0.500. The van der Waals surface area contributed by atoms with E-state index in [1.165, 1.54) is 13.2 Å². The predicted molar refractivity (Wildman–Crippen MR) is 38.4 cm³/mol. The second-order valence-electron chi connectivity index (χ2n) is 2.62. The van der Waals surface area contributed by atoms with Crippen molar-refractivity contribution in [2.75, 3.05) is 7.11 Å². The quantitative estimate of drug-likeness (QED) is 0.434. The van der Waals surface area contributed by atoms with Crippen molar-refractivity contribution >= 4 is 5.97 Å². The highest BCUT2D eigenvalue weighted by atomic mass is 16.5. The fourth-order valence-corrected chi connectivity index (χ4v) is 1.16. The van der Waals surface area contributed by atoms with Crippen molar-refractivity contribution in [1.82, 2.24) is 0 Å². The molecule has 3 heteroatoms. The van der Waals surface area contributed by atoms with Crippen LogP contribution < -0.4 is 0 Å². The van der Waals surface area contributed by atoms with Crippen LogP contribution in [0.4, 0.5) is 0 Å². The van der Waals surface area contributed by atoms with Gasteiger partial charge in [0.1, 0.15) is 5.41 Å². The number of carbonyl (C=O) groups is 1. The minimum absolute atomic E-state index is 0.229. The Hall–Kier alpha value is -1.30. The summed E-state index contributed by atoms with van der Waals surface area (Å²) in [7, 11) is 1.32. The number of nitrogens with zero attached hydrogens (tertiary/aromatic N) is 1. The third-order valence-electron chi connectivity index (χ3n) is 2.09. The van der Waals surface area contributed by atoms with Crippen LogP contribution in [0, 0.1) is 22.7 Å². The van der Waals surface area contributed by atoms with Crippen LogP contribution in [-0.4, -0.2) is 13.1 Å². The van der Waals surface area contributed by atoms with Gasteiger partial charge in [-0.05, 0) is 6.42 Å². The van der Waals surface area contributed by atoms with E-state index in [-0.39, 0.29) is 11.9 Å². The summed E-state index contributed by atoms with van der Waals surface area (Å²) >= 11 is 0. The summed E-state index contributed by atoms with van der Waals surface area (Å²) in [5.74, 6) is -0.577. The first-order valence-electron chi connectivity index (χ1n) is 3.33. The Balaban J connectivity index is 2.76. The minimum atomic E-state index is -0.691. The second kappa shape index (κ2) is 2.39. The first kappa shape index (κ1) is 7.80. The van der Waals surface area contributed by atoms with Crippen molar-refractivity contribution in [3.8, 4) is 6.07 Å². The third kappa shape index (κ3) is 0.911. The number of esters is 1. The Morgan fingerprint density at radius 1 is 2.00 bits per heavy atom. The molecular formula is C8H9NO2. The van der Waals surface area contributed by atoms with Crippen LogP contribution in [0.2, 0.25) is 0 Å². The van der Waals surface area contributed by atoms with Gasteiger partial charge < -0.3 is 4.74 Å². The summed E-state index contributed by atoms with van der Waals surface area (Å²) < 4.78 is 4.54. The molecule has 1 saturated carbocycles. The van der Waals surface area contributed by atoms with E-state index in [1.54, 1.807) is 0 Å². The average molecular weight is 151 g/mol. The average Bonchev–Trinajstić information content (AvgIpc) is 2.78. The van der Waals surface area contributed by atoms with E-state index < -0.39 is 5.41 Å². The molecule has 0 bridgehead atoms. The molecule has 0 saturated heterocycles. The summed E-state index contributed by atoms with van der Waals surface area (Å²) in [6.07, 6.45) is 2.06. The molecule has 0 radical (unpaired) electrons. The lowest BCUT2D eigenvalue weighted by Gasteiger charge is -2.05. The van der Waals surface area contributed by atoms with E-state index in [1.807, 2.05) is 6.07 Å². The number of nitriles is 1. The van der Waals surface area contributed by atoms with Crippen LogP contribution >= 0.6 is 0 Å². The molecule has 0 aromatic carbocycles. The predicted octanol–water partition coefficient (Wildman–Crippen LogP) is 0.875. The molecule has 0 amide bonds. The third-order valence-corrected chi connectivity index (χ3v) is 2.09. The minimum Gasteiger partial charge on any atom is -0.468 e. The lowest BCUT2D eigenvalue weighted by molar-refractivity contribution is -0.145. The maximum atomic E-state index is 11.1. The number of carbonyl (C=O) groups excluding carboxylic acids is 1. The maximum Gasteiger partial charge on any atom is 0.317 e. The number of ether oxygens (including phenoxy) is 1. The molecule has 1 aliphatic carbocycles. The number of hydrogen-bond donors (Lipinski definition) is 0. The smallest absolute Gasteiger partial charge is 0.317 e. The Morgan fingerprint density at radius 3 is 2.91 bits per heavy atom. The monoisotopic (exact) mass is 151 g/mol. The van der Waals surface area contributed by atoms with Gasteiger partial charge in [-0.25, -0.2) is 0 Å². The molecule has 1 fully saturated rings. The summed E-state index contributed by atoms with van der Waals surface area (Å²) in [6.45, 7) is 3.51. The van der Waals surface area contributed by atoms with Crippen LogP contribution in [0.25, 0.3) is 0 Å². The standard InChI is InChI=1S/C8H9NO2/c1-3-8(7(10)11-2)4-6(8)5-9/h3,6H,1,4H2,2H3. The van der Waals surface area contributed by atoms with E-state index in [0.29, 0.717) is 6.42 Å². The van der Waals surface area contributed by atoms with E-state index >= 15 is 0 Å². The maximum absolute atomic E-state index is 11.1. The summed E-state index contributed by atoms with van der Waals surface area (Å²) in [5.41, 5.74) is -0.691. The highest BCUT2D eigenvalue weighted by Crippen LogP contribution is 2.53. The molecule has 1 rings (SSSR count). The van der Waals surface area contributed by atoms with E-state index in [9.17, 15) is 4.79 Å². The van der Waals surface area contributed by atoms with E-state index in [4.69, 9.17) is 5.26 Å². The van der Waals surface area contributed by atoms with Gasteiger partial charge in [-0.15, -0.1) is 6.58 Å². The SMILES string of the molecule is C=CC1(C(=O)OC)CC1C#N. The van der Waals surface area contributed by atoms with E-state index in [0.717, 1.165) is 0 Å². The van der Waals surface area contributed by atoms with Crippen molar-refractivity contribution in [3.63, 3.8) is 0 Å². The molecule has 58 valence electrons. The molecular weight excluding hydrogens is 142 g/mol. The molecule has 3 nitrogen and oxygen atoms in total. The van der Waals surface area contributed by atoms with Crippen LogP contribution in [-0.2, 0) is 9.53 Å². The zero-order valence-electron chi connectivity index (χ0n) is 6.33. The molecule has 11 heavy (non-hydrogen) atoms. The lowest BCUT2D eigenvalue weighted by Crippen LogP contribution is -2.16. The van der Waals surface area contributed by atoms with Gasteiger partial charge in [0.05, 0.1) is 19.1 Å². The van der Waals surface area contributed by atoms with Crippen molar-refractivity contribution in [2.45, 2.75) is 6.42 Å². The van der Waals surface area contributed by atoms with Gasteiger partial charge in [-0.2, -0.15) is 5.26 Å². The molecule has 2 atom stereocenters. The molecule has 0 spiro atoms. The van der Waals surface area contributed by atoms with Gasteiger partial charge >= 0.3 is 5.97 Å². The Labute approximate surface area is 65.3 Å². The second-order valence-corrected chi connectivity index (χ2v) is 2.62. The van der Waals surface area contributed by atoms with Gasteiger partial charge in [0.25, 0.3) is 0 Å². The van der Waals surface area contributed by atoms with Gasteiger partial charge in [0.2, 0.25) is 0 Å². The first-order valence-corrected chi connectivity index (χ1v) is 3.33. The zero-order chi connectivity index (χ0) is 8.48. The van der Waals surface area contributed by atoms with Crippen molar-refractivity contribution in [1.29, 1.82) is 5.26 Å². The van der Waals surface area contributed by atoms with E-state index in [2.05, 4.69) is 11.3 Å². The van der Waals surface area contributed by atoms with Gasteiger partial charge in [-0.1, -0.05) is 6.08 Å². The highest BCUT2D eigenvalue weighted by molar-refractivity contribution is 5.83. The summed E-state index contributed by atoms with van der Waals surface area (Å²) in [6, 6.07) is 2.02. The Kier molecular flexibility index (Phi) is 1.69. The summed E-state index contributed by atoms with van der Waals surface area (Å²) in [4.78, 5) is 11.1. The molecule has 0 aromatic heterocycles. The number of methoxy groups -OCH3 is 1. The topological polar surface area (TPSA) is 50.1 Å². The van der Waals surface area contributed by atoms with Crippen molar-refractivity contribution in [2.24, 2.45) is 11.3 Å². The van der Waals surface area contributed by atoms with Gasteiger partial charge in [0.15, 0.2) is 0 Å². The fourth-order valence-electron chi connectivity index (χ4n) is 1.16. The highest BCUT2D eigenvalue weighted by Gasteiger charge is 2.59. The molecule has 2 unspecified atom stereocenters. The first-order chi connectivity index (χ1) is 5.21. The number of rotatable bonds is 2. The molecule has 0 aromatic rings. The summed E-state index contributed by atoms with van der Waals surface area (Å²) in [5, 5.41) is 8.51. The Bertz CT molecular complexity index is 241. The van der Waals surface area contributed by atoms with Crippen LogP contribution in [0.15, 0.2) is 12.7 Å². The molecule has 1 aliphatic rings. The van der Waals surface area contributed by atoms with Crippen LogP contribution in [0.3, 0.4) is 0 Å². The van der Waals surface area contributed by atoms with Gasteiger partial charge in [0, 0.05) is 0 Å². The Morgan fingerprint density at radius 2 is 2.64 bits per heavy atom. The van der Waals surface area contributed by atoms with Crippen molar-refractivity contribution < 1.29 is 9.53 Å². The molecule has 0 aliphatic heterocycles. The molecule has 0 heterocycles. The molecule has 0 N–H and O–H groups in total. The van der Waals surface area contributed by atoms with Crippen LogP contribution in [0.1, 0.15) is 6.42 Å². The van der Waals surface area contributed by atoms with Crippen molar-refractivity contribution in [3.05, 3.63) is 12.7 Å². The zero-order valence-corrected chi connectivity index (χ0v) is 6.33. The lowest BCUT2D eigenvalue weighted by atomic mass is 10.1.